The molecule has 2 aromatic rings. The number of carbonyl (C=O) groups is 4. The van der Waals surface area contributed by atoms with Gasteiger partial charge in [-0.05, 0) is 0 Å². The third kappa shape index (κ3) is 13.1. The number of aliphatic carboxylic acids is 1. The zero-order valence-corrected chi connectivity index (χ0v) is 30.7. The Kier molecular flexibility index (Phi) is 15.2. The van der Waals surface area contributed by atoms with Gasteiger partial charge in [0.1, 0.15) is 42.2 Å². The highest BCUT2D eigenvalue weighted by Crippen LogP contribution is 2.56. The number of rotatable bonds is 19. The number of nitrogen functional groups attached to an aromatic ring is 1. The number of amides is 2. The van der Waals surface area contributed by atoms with E-state index in [9.17, 15) is 67.8 Å². The van der Waals surface area contributed by atoms with Crippen molar-refractivity contribution < 1.29 is 90.4 Å². The summed E-state index contributed by atoms with van der Waals surface area (Å²) in [5.74, 6) is -3.75. The Morgan fingerprint density at radius 2 is 1.74 bits per heavy atom. The molecule has 0 aliphatic carbocycles. The largest absolute Gasteiger partial charge is 0.790 e. The molecule has 0 aromatic carbocycles. The van der Waals surface area contributed by atoms with Crippen LogP contribution in [0.25, 0.3) is 11.2 Å². The second-order valence-electron chi connectivity index (χ2n) is 11.4. The normalized spacial score (nSPS) is 22.1. The quantitative estimate of drug-likeness (QED) is 0.0499. The molecule has 1 saturated heterocycles. The van der Waals surface area contributed by atoms with Crippen molar-refractivity contribution in [3.05, 3.63) is 12.7 Å². The van der Waals surface area contributed by atoms with E-state index in [4.69, 9.17) is 10.5 Å². The number of hydrogen-bond acceptors (Lipinski definition) is 24. The standard InChI is InChI=1S/C23H36N7O19P3S/c1-23(2,16(33)19(34)26-4-3-12(31)25-5-6-53-22(37)21(35)36)8-46-52(43,44)49-51(41,42)45-7-11-15(48-50(38,39)40)14(32)20(47-11)30-10-29-13-17(24)27-9-28-18(13)30/h9-11,14-16,20,32-33H,3-8H2,1-2H3,(H,25,31)(H,26,34)(H,35,36)(H,41,42)(H,43,44)(H2,24,27,28)(H2,38,39,40)/p-5. The highest BCUT2D eigenvalue weighted by atomic mass is 32.2. The number of imidazole rings is 1. The first-order chi connectivity index (χ1) is 24.4. The predicted molar refractivity (Wildman–Crippen MR) is 163 cm³/mol. The number of carboxylic acid groups (broad SMARTS) is 1. The Balaban J connectivity index is 1.53. The van der Waals surface area contributed by atoms with Gasteiger partial charge < -0.3 is 78.9 Å². The van der Waals surface area contributed by atoms with Crippen LogP contribution in [-0.2, 0) is 55.5 Å². The fourth-order valence-corrected chi connectivity index (χ4v) is 7.55. The average Bonchev–Trinajstić information content (AvgIpc) is 3.60. The van der Waals surface area contributed by atoms with Crippen LogP contribution in [0.2, 0.25) is 0 Å². The minimum atomic E-state index is -5.93. The molecule has 298 valence electrons. The number of thioether (sulfide) groups is 1. The molecular formula is C23H31N7O19P3S-5. The van der Waals surface area contributed by atoms with Crippen LogP contribution in [0.15, 0.2) is 12.7 Å². The number of fused-ring (bicyclic) bond motifs is 1. The topological polar surface area (TPSA) is 415 Å². The summed E-state index contributed by atoms with van der Waals surface area (Å²) in [4.78, 5) is 105. The number of phosphoric ester groups is 3. The number of hydrogen-bond donors (Lipinski definition) is 5. The van der Waals surface area contributed by atoms with E-state index in [1.165, 1.54) is 0 Å². The highest BCUT2D eigenvalue weighted by molar-refractivity contribution is 8.15. The van der Waals surface area contributed by atoms with Crippen LogP contribution in [0, 0.1) is 5.41 Å². The number of nitrogens with two attached hydrogens (primary N) is 1. The van der Waals surface area contributed by atoms with Crippen molar-refractivity contribution in [2.24, 2.45) is 5.41 Å². The Labute approximate surface area is 302 Å². The molecule has 3 heterocycles. The zero-order valence-electron chi connectivity index (χ0n) is 27.2. The molecule has 1 aliphatic heterocycles. The number of aromatic nitrogens is 4. The first kappa shape index (κ1) is 44.4. The van der Waals surface area contributed by atoms with Crippen molar-refractivity contribution in [1.29, 1.82) is 0 Å². The fraction of sp³-hybridized carbons (Fsp3) is 0.609. The van der Waals surface area contributed by atoms with Crippen LogP contribution in [0.4, 0.5) is 5.82 Å². The molecule has 2 aromatic heterocycles. The number of aliphatic hydroxyl groups excluding tert-OH is 2. The number of nitrogens with zero attached hydrogens (tertiary/aromatic N) is 4. The van der Waals surface area contributed by atoms with Gasteiger partial charge in [-0.2, -0.15) is 0 Å². The Hall–Kier alpha value is -2.97. The van der Waals surface area contributed by atoms with Crippen molar-refractivity contribution in [2.75, 3.05) is 37.8 Å². The van der Waals surface area contributed by atoms with E-state index in [0.717, 1.165) is 31.1 Å². The van der Waals surface area contributed by atoms with Gasteiger partial charge in [0.05, 0.1) is 27.4 Å². The van der Waals surface area contributed by atoms with Crippen LogP contribution < -0.4 is 41.0 Å². The molecule has 0 radical (unpaired) electrons. The molecule has 1 fully saturated rings. The van der Waals surface area contributed by atoms with Gasteiger partial charge in [-0.15, -0.1) is 0 Å². The lowest BCUT2D eigenvalue weighted by Gasteiger charge is -2.36. The molecule has 0 spiro atoms. The fourth-order valence-electron chi connectivity index (χ4n) is 4.31. The zero-order chi connectivity index (χ0) is 39.9. The van der Waals surface area contributed by atoms with Crippen LogP contribution in [0.5, 0.6) is 0 Å². The van der Waals surface area contributed by atoms with Gasteiger partial charge in [-0.1, -0.05) is 25.6 Å². The molecule has 3 rings (SSSR count). The van der Waals surface area contributed by atoms with E-state index >= 15 is 0 Å². The number of ether oxygens (including phenoxy) is 1. The van der Waals surface area contributed by atoms with Gasteiger partial charge >= 0.3 is 0 Å². The molecule has 6 N–H and O–H groups in total. The Bertz CT molecular complexity index is 1810. The summed E-state index contributed by atoms with van der Waals surface area (Å²) in [7, 11) is -17.7. The van der Waals surface area contributed by atoms with Crippen LogP contribution >= 0.6 is 35.2 Å². The molecule has 53 heavy (non-hydrogen) atoms. The van der Waals surface area contributed by atoms with Crippen LogP contribution in [0.1, 0.15) is 26.5 Å². The smallest absolute Gasteiger partial charge is 0.274 e. The molecule has 0 bridgehead atoms. The van der Waals surface area contributed by atoms with E-state index in [2.05, 4.69) is 43.5 Å². The molecule has 30 heteroatoms. The minimum absolute atomic E-state index is 0.0293. The van der Waals surface area contributed by atoms with Crippen molar-refractivity contribution in [1.82, 2.24) is 30.2 Å². The second kappa shape index (κ2) is 18.1. The molecule has 2 amide bonds. The average molecular weight is 835 g/mol. The van der Waals surface area contributed by atoms with Crippen molar-refractivity contribution in [3.63, 3.8) is 0 Å². The van der Waals surface area contributed by atoms with Crippen molar-refractivity contribution in [2.45, 2.75) is 50.9 Å². The third-order valence-electron chi connectivity index (χ3n) is 6.88. The Morgan fingerprint density at radius 3 is 2.38 bits per heavy atom. The first-order valence-corrected chi connectivity index (χ1v) is 20.0. The molecule has 7 unspecified atom stereocenters. The number of carbonyl (C=O) groups excluding carboxylic acids is 4. The van der Waals surface area contributed by atoms with Gasteiger partial charge in [0.15, 0.2) is 17.7 Å². The minimum Gasteiger partial charge on any atom is -0.790 e. The van der Waals surface area contributed by atoms with Crippen LogP contribution in [-0.4, -0.2) is 109 Å². The van der Waals surface area contributed by atoms with E-state index in [1.807, 2.05) is 0 Å². The summed E-state index contributed by atoms with van der Waals surface area (Å²) in [6.07, 6.45) is -7.86. The maximum Gasteiger partial charge on any atom is 0.274 e. The number of carboxylic acids is 1. The Morgan fingerprint density at radius 1 is 1.08 bits per heavy atom. The maximum absolute atomic E-state index is 12.4. The highest BCUT2D eigenvalue weighted by Gasteiger charge is 2.47. The summed E-state index contributed by atoms with van der Waals surface area (Å²) in [5.41, 5.74) is 3.97. The monoisotopic (exact) mass is 834 g/mol. The van der Waals surface area contributed by atoms with E-state index in [0.29, 0.717) is 11.8 Å². The summed E-state index contributed by atoms with van der Waals surface area (Å²) in [5, 5.41) is 34.9. The SMILES string of the molecule is CC(C)(COP(=O)([O-])OP(=O)([O-])OCC1OC(n2cnc3c(N)ncnc32)C(O)C1OP(=O)([O-])[O-])C(O)C(=O)NCCC(=O)NCCSC(=O)C(=O)[O-]. The van der Waals surface area contributed by atoms with Crippen molar-refractivity contribution >= 4 is 75.1 Å². The summed E-state index contributed by atoms with van der Waals surface area (Å²) >= 11 is 0.405. The molecule has 26 nitrogen and oxygen atoms in total. The summed E-state index contributed by atoms with van der Waals surface area (Å²) in [6.45, 7) is -0.436. The second-order valence-corrected chi connectivity index (χ2v) is 16.5. The van der Waals surface area contributed by atoms with Gasteiger partial charge in [-0.25, -0.2) is 19.3 Å². The number of phosphoric acid groups is 3. The summed E-state index contributed by atoms with van der Waals surface area (Å²) in [6, 6.07) is 0. The van der Waals surface area contributed by atoms with E-state index in [-0.39, 0.29) is 42.2 Å². The number of nitrogens with one attached hydrogen (secondary N) is 2. The lowest BCUT2D eigenvalue weighted by Crippen LogP contribution is -2.46. The number of anilines is 1. The van der Waals surface area contributed by atoms with Crippen molar-refractivity contribution in [3.8, 4) is 0 Å². The molecule has 1 aliphatic rings. The predicted octanol–water partition coefficient (Wildman–Crippen LogP) is -6.11. The van der Waals surface area contributed by atoms with Gasteiger partial charge in [-0.3, -0.25) is 28.1 Å². The molecule has 0 saturated carbocycles. The third-order valence-corrected chi connectivity index (χ3v) is 10.7. The van der Waals surface area contributed by atoms with Gasteiger partial charge in [0, 0.05) is 30.7 Å². The maximum atomic E-state index is 12.4. The number of aliphatic hydroxyl groups is 2. The van der Waals surface area contributed by atoms with Gasteiger partial charge in [0.2, 0.25) is 16.9 Å². The molecule has 7 atom stereocenters. The summed E-state index contributed by atoms with van der Waals surface area (Å²) < 4.78 is 60.1. The van der Waals surface area contributed by atoms with Crippen LogP contribution in [0.3, 0.4) is 0 Å². The van der Waals surface area contributed by atoms with Gasteiger partial charge in [0.25, 0.3) is 15.6 Å². The van der Waals surface area contributed by atoms with E-state index in [1.54, 1.807) is 0 Å². The lowest BCUT2D eigenvalue weighted by atomic mass is 9.87. The first-order valence-electron chi connectivity index (χ1n) is 14.6. The van der Waals surface area contributed by atoms with E-state index < -0.39 is 95.6 Å². The molecular weight excluding hydrogens is 803 g/mol. The lowest BCUT2D eigenvalue weighted by molar-refractivity contribution is -0.347.